The van der Waals surface area contributed by atoms with Gasteiger partial charge in [0.15, 0.2) is 0 Å². The van der Waals surface area contributed by atoms with E-state index in [1.54, 1.807) is 25.1 Å². The highest BCUT2D eigenvalue weighted by molar-refractivity contribution is 5.95. The summed E-state index contributed by atoms with van der Waals surface area (Å²) in [6.07, 6.45) is -4.64. The number of carboxylic acid groups (broad SMARTS) is 1. The van der Waals surface area contributed by atoms with Gasteiger partial charge in [-0.05, 0) is 37.3 Å². The highest BCUT2D eigenvalue weighted by Crippen LogP contribution is 2.33. The van der Waals surface area contributed by atoms with Crippen LogP contribution in [-0.4, -0.2) is 40.1 Å². The van der Waals surface area contributed by atoms with Crippen LogP contribution in [0.2, 0.25) is 0 Å². The minimum absolute atomic E-state index is 0.207. The van der Waals surface area contributed by atoms with Gasteiger partial charge in [0.1, 0.15) is 6.42 Å². The van der Waals surface area contributed by atoms with E-state index >= 15 is 0 Å². The summed E-state index contributed by atoms with van der Waals surface area (Å²) in [5, 5.41) is 9.97. The fourth-order valence-electron chi connectivity index (χ4n) is 3.47. The predicted molar refractivity (Wildman–Crippen MR) is 94.0 cm³/mol. The van der Waals surface area contributed by atoms with Gasteiger partial charge in [0, 0.05) is 5.56 Å². The lowest BCUT2D eigenvalue weighted by atomic mass is 9.78. The average Bonchev–Trinajstić information content (AvgIpc) is 2.64. The molecule has 1 aromatic rings. The van der Waals surface area contributed by atoms with E-state index in [1.165, 1.54) is 12.1 Å². The lowest BCUT2D eigenvalue weighted by molar-refractivity contribution is -0.166. The summed E-state index contributed by atoms with van der Waals surface area (Å²) in [5.41, 5.74) is 2.52. The van der Waals surface area contributed by atoms with Crippen molar-refractivity contribution in [2.24, 2.45) is 11.8 Å². The van der Waals surface area contributed by atoms with Crippen molar-refractivity contribution >= 4 is 17.8 Å². The predicted octanol–water partition coefficient (Wildman–Crippen LogP) is 3.39. The maximum Gasteiger partial charge on any atom is 0.397 e. The molecule has 2 N–H and O–H groups in total. The Morgan fingerprint density at radius 1 is 1.21 bits per heavy atom. The molecule has 0 aromatic heterocycles. The van der Waals surface area contributed by atoms with Gasteiger partial charge in [-0.15, -0.1) is 0 Å². The second-order valence-corrected chi connectivity index (χ2v) is 7.07. The first-order chi connectivity index (χ1) is 13.1. The molecular weight excluding hydrogens is 377 g/mol. The number of hydrogen-bond donors (Lipinski definition) is 2. The highest BCUT2D eigenvalue weighted by atomic mass is 19.4. The Hall–Kier alpha value is -2.58. The number of amides is 2. The molecule has 3 unspecified atom stereocenters. The smallest absolute Gasteiger partial charge is 0.397 e. The maximum atomic E-state index is 12.8. The number of carbonyl (C=O) groups is 3. The monoisotopic (exact) mass is 400 g/mol. The van der Waals surface area contributed by atoms with E-state index in [1.807, 2.05) is 0 Å². The first-order valence-electron chi connectivity index (χ1n) is 9.06. The highest BCUT2D eigenvalue weighted by Gasteiger charge is 2.39. The van der Waals surface area contributed by atoms with Crippen LogP contribution in [0.15, 0.2) is 30.3 Å². The number of hydrazine groups is 1. The van der Waals surface area contributed by atoms with Crippen molar-refractivity contribution in [2.75, 3.05) is 0 Å². The quantitative estimate of drug-likeness (QED) is 0.742. The molecule has 0 aliphatic heterocycles. The molecule has 0 radical (unpaired) electrons. The molecule has 1 saturated carbocycles. The van der Waals surface area contributed by atoms with Gasteiger partial charge in [-0.1, -0.05) is 31.5 Å². The van der Waals surface area contributed by atoms with Crippen molar-refractivity contribution in [3.8, 4) is 0 Å². The third-order valence-corrected chi connectivity index (χ3v) is 5.03. The van der Waals surface area contributed by atoms with Crippen LogP contribution in [0, 0.1) is 11.8 Å². The lowest BCUT2D eigenvalue weighted by Gasteiger charge is -2.38. The number of nitrogens with zero attached hydrogens (tertiary/aromatic N) is 1. The molecular formula is C19H23F3N2O4. The second kappa shape index (κ2) is 9.07. The Balaban J connectivity index is 2.21. The number of benzene rings is 1. The Morgan fingerprint density at radius 2 is 1.86 bits per heavy atom. The topological polar surface area (TPSA) is 86.7 Å². The molecule has 9 heteroatoms. The van der Waals surface area contributed by atoms with Gasteiger partial charge in [-0.25, -0.2) is 0 Å². The molecule has 1 aromatic carbocycles. The van der Waals surface area contributed by atoms with E-state index in [0.29, 0.717) is 19.3 Å². The number of hydrogen-bond acceptors (Lipinski definition) is 3. The zero-order valence-electron chi connectivity index (χ0n) is 15.4. The summed E-state index contributed by atoms with van der Waals surface area (Å²) < 4.78 is 38.3. The Labute approximate surface area is 160 Å². The van der Waals surface area contributed by atoms with Crippen LogP contribution < -0.4 is 5.43 Å². The van der Waals surface area contributed by atoms with Crippen molar-refractivity contribution in [3.05, 3.63) is 35.9 Å². The number of carbonyl (C=O) groups excluding carboxylic acids is 2. The van der Waals surface area contributed by atoms with Crippen molar-refractivity contribution < 1.29 is 32.7 Å². The molecule has 1 aliphatic rings. The lowest BCUT2D eigenvalue weighted by Crippen LogP contribution is -2.54. The van der Waals surface area contributed by atoms with E-state index in [9.17, 15) is 32.7 Å². The van der Waals surface area contributed by atoms with Crippen LogP contribution in [0.25, 0.3) is 0 Å². The van der Waals surface area contributed by atoms with Crippen LogP contribution in [0.5, 0.6) is 0 Å². The standard InChI is InChI=1S/C19H23F3N2O4/c1-12(18(27)28)14-8-5-9-15(10-14)24(16(25)11-19(20,21)22)23-17(26)13-6-3-2-4-7-13/h2-4,6-7,12,14-15H,5,8-11H2,1H3,(H,23,26)(H,27,28). The number of aliphatic carboxylic acids is 1. The summed E-state index contributed by atoms with van der Waals surface area (Å²) in [4.78, 5) is 36.0. The summed E-state index contributed by atoms with van der Waals surface area (Å²) in [6.45, 7) is 1.54. The van der Waals surface area contributed by atoms with E-state index in [4.69, 9.17) is 0 Å². The molecule has 2 rings (SSSR count). The number of rotatable bonds is 5. The van der Waals surface area contributed by atoms with Gasteiger partial charge >= 0.3 is 12.1 Å². The molecule has 1 aliphatic carbocycles. The fourth-order valence-corrected chi connectivity index (χ4v) is 3.47. The molecule has 0 heterocycles. The Kier molecular flexibility index (Phi) is 7.04. The average molecular weight is 400 g/mol. The Morgan fingerprint density at radius 3 is 2.43 bits per heavy atom. The molecule has 154 valence electrons. The fraction of sp³-hybridized carbons (Fsp3) is 0.526. The minimum atomic E-state index is -4.71. The second-order valence-electron chi connectivity index (χ2n) is 7.07. The summed E-state index contributed by atoms with van der Waals surface area (Å²) in [5.74, 6) is -3.92. The van der Waals surface area contributed by atoms with Crippen LogP contribution >= 0.6 is 0 Å². The van der Waals surface area contributed by atoms with Crippen molar-refractivity contribution in [3.63, 3.8) is 0 Å². The number of nitrogens with one attached hydrogen (secondary N) is 1. The van der Waals surface area contributed by atoms with Crippen molar-refractivity contribution in [1.82, 2.24) is 10.4 Å². The van der Waals surface area contributed by atoms with Crippen LogP contribution in [0.4, 0.5) is 13.2 Å². The number of alkyl halides is 3. The SMILES string of the molecule is CC(C(=O)O)C1CCCC(N(NC(=O)c2ccccc2)C(=O)CC(F)(F)F)C1. The summed E-state index contributed by atoms with van der Waals surface area (Å²) in [7, 11) is 0. The molecule has 1 fully saturated rings. The van der Waals surface area contributed by atoms with Gasteiger partial charge in [-0.2, -0.15) is 13.2 Å². The zero-order chi connectivity index (χ0) is 20.9. The summed E-state index contributed by atoms with van der Waals surface area (Å²) in [6, 6.07) is 7.16. The third kappa shape index (κ3) is 5.97. The van der Waals surface area contributed by atoms with Crippen LogP contribution in [-0.2, 0) is 9.59 Å². The normalized spacial score (nSPS) is 20.9. The van der Waals surface area contributed by atoms with Gasteiger partial charge in [0.25, 0.3) is 5.91 Å². The first-order valence-corrected chi connectivity index (χ1v) is 9.06. The van der Waals surface area contributed by atoms with E-state index in [-0.39, 0.29) is 17.9 Å². The summed E-state index contributed by atoms with van der Waals surface area (Å²) >= 11 is 0. The van der Waals surface area contributed by atoms with Gasteiger partial charge < -0.3 is 5.11 Å². The third-order valence-electron chi connectivity index (χ3n) is 5.03. The molecule has 6 nitrogen and oxygen atoms in total. The molecule has 2 amide bonds. The van der Waals surface area contributed by atoms with E-state index < -0.39 is 42.3 Å². The minimum Gasteiger partial charge on any atom is -0.481 e. The molecule has 3 atom stereocenters. The van der Waals surface area contributed by atoms with E-state index in [2.05, 4.69) is 5.43 Å². The molecule has 0 bridgehead atoms. The largest absolute Gasteiger partial charge is 0.481 e. The van der Waals surface area contributed by atoms with Gasteiger partial charge in [-0.3, -0.25) is 24.8 Å². The first kappa shape index (κ1) is 21.7. The van der Waals surface area contributed by atoms with Gasteiger partial charge in [0.05, 0.1) is 12.0 Å². The Bertz CT molecular complexity index is 709. The van der Waals surface area contributed by atoms with Crippen LogP contribution in [0.3, 0.4) is 0 Å². The number of halogens is 3. The number of carboxylic acids is 1. The van der Waals surface area contributed by atoms with Gasteiger partial charge in [0.2, 0.25) is 5.91 Å². The van der Waals surface area contributed by atoms with E-state index in [0.717, 1.165) is 5.01 Å². The zero-order valence-corrected chi connectivity index (χ0v) is 15.4. The molecule has 0 spiro atoms. The van der Waals surface area contributed by atoms with Crippen LogP contribution in [0.1, 0.15) is 49.4 Å². The molecule has 28 heavy (non-hydrogen) atoms. The van der Waals surface area contributed by atoms with Crippen molar-refractivity contribution in [1.29, 1.82) is 0 Å². The van der Waals surface area contributed by atoms with Crippen molar-refractivity contribution in [2.45, 2.75) is 51.2 Å². The molecule has 0 saturated heterocycles. The maximum absolute atomic E-state index is 12.8.